The van der Waals surface area contributed by atoms with Gasteiger partial charge >= 0.3 is 0 Å². The molecule has 0 radical (unpaired) electrons. The summed E-state index contributed by atoms with van der Waals surface area (Å²) in [6, 6.07) is 8.57. The van der Waals surface area contributed by atoms with E-state index in [0.29, 0.717) is 12.0 Å². The van der Waals surface area contributed by atoms with Crippen LogP contribution in [0.1, 0.15) is 24.8 Å². The Balaban J connectivity index is 1.95. The highest BCUT2D eigenvalue weighted by molar-refractivity contribution is 5.35. The fraction of sp³-hybridized carbons (Fsp3) is 0.467. The van der Waals surface area contributed by atoms with E-state index in [9.17, 15) is 0 Å². The zero-order valence-electron chi connectivity index (χ0n) is 10.8. The molecule has 2 rings (SSSR count). The molecule has 98 valence electrons. The number of fused-ring (bicyclic) bond motifs is 1. The van der Waals surface area contributed by atoms with Gasteiger partial charge in [-0.15, -0.1) is 6.58 Å². The first kappa shape index (κ1) is 13.1. The number of rotatable bonds is 6. The minimum Gasteiger partial charge on any atom is -0.493 e. The van der Waals surface area contributed by atoms with Gasteiger partial charge in [0.15, 0.2) is 0 Å². The minimum absolute atomic E-state index is 0.318. The Morgan fingerprint density at radius 2 is 2.33 bits per heavy atom. The summed E-state index contributed by atoms with van der Waals surface area (Å²) in [5.41, 5.74) is 4.24. The van der Waals surface area contributed by atoms with Crippen LogP contribution in [0.4, 0.5) is 0 Å². The van der Waals surface area contributed by atoms with Gasteiger partial charge in [0.1, 0.15) is 5.75 Å². The first-order valence-corrected chi connectivity index (χ1v) is 6.63. The lowest BCUT2D eigenvalue weighted by atomic mass is 9.88. The first-order chi connectivity index (χ1) is 8.85. The average molecular weight is 246 g/mol. The molecule has 1 aliphatic rings. The minimum atomic E-state index is 0.318. The number of hydrazine groups is 1. The Kier molecular flexibility index (Phi) is 4.79. The molecule has 1 heterocycles. The van der Waals surface area contributed by atoms with Gasteiger partial charge < -0.3 is 4.74 Å². The van der Waals surface area contributed by atoms with E-state index in [1.54, 1.807) is 0 Å². The zero-order valence-corrected chi connectivity index (χ0v) is 10.8. The van der Waals surface area contributed by atoms with Crippen molar-refractivity contribution in [2.45, 2.75) is 31.7 Å². The predicted octanol–water partition coefficient (Wildman–Crippen LogP) is 2.43. The third-order valence-corrected chi connectivity index (χ3v) is 3.61. The number of benzene rings is 1. The third kappa shape index (κ3) is 3.12. The van der Waals surface area contributed by atoms with Crippen molar-refractivity contribution in [3.63, 3.8) is 0 Å². The molecule has 1 aliphatic heterocycles. The highest BCUT2D eigenvalue weighted by Gasteiger charge is 2.26. The van der Waals surface area contributed by atoms with Gasteiger partial charge in [-0.1, -0.05) is 24.3 Å². The molecule has 2 atom stereocenters. The van der Waals surface area contributed by atoms with Crippen LogP contribution in [0.15, 0.2) is 36.9 Å². The summed E-state index contributed by atoms with van der Waals surface area (Å²) in [5.74, 6) is 7.15. The molecule has 0 saturated carbocycles. The Labute approximate surface area is 109 Å². The molecule has 0 aliphatic carbocycles. The Morgan fingerprint density at radius 3 is 3.11 bits per heavy atom. The van der Waals surface area contributed by atoms with Crippen LogP contribution in [-0.2, 0) is 6.42 Å². The second kappa shape index (κ2) is 6.57. The highest BCUT2D eigenvalue weighted by Crippen LogP contribution is 2.29. The van der Waals surface area contributed by atoms with E-state index in [1.807, 2.05) is 18.2 Å². The number of unbranched alkanes of at least 4 members (excludes halogenated alkanes) is 1. The molecule has 0 fully saturated rings. The van der Waals surface area contributed by atoms with Crippen LogP contribution in [0.5, 0.6) is 5.75 Å². The van der Waals surface area contributed by atoms with Crippen LogP contribution in [-0.4, -0.2) is 12.6 Å². The summed E-state index contributed by atoms with van der Waals surface area (Å²) in [7, 11) is 0. The molecule has 3 N–H and O–H groups in total. The van der Waals surface area contributed by atoms with Crippen molar-refractivity contribution in [2.24, 2.45) is 11.8 Å². The van der Waals surface area contributed by atoms with Crippen LogP contribution in [0, 0.1) is 5.92 Å². The number of nitrogens with two attached hydrogens (primary N) is 1. The highest BCUT2D eigenvalue weighted by atomic mass is 16.5. The Bertz CT molecular complexity index is 392. The molecule has 3 heteroatoms. The van der Waals surface area contributed by atoms with Crippen molar-refractivity contribution in [1.29, 1.82) is 0 Å². The average Bonchev–Trinajstić information content (AvgIpc) is 2.43. The van der Waals surface area contributed by atoms with E-state index in [1.165, 1.54) is 5.56 Å². The molecule has 1 aromatic carbocycles. The number of nitrogens with one attached hydrogen (secondary N) is 1. The Morgan fingerprint density at radius 1 is 1.50 bits per heavy atom. The maximum absolute atomic E-state index is 5.81. The van der Waals surface area contributed by atoms with Gasteiger partial charge in [0.2, 0.25) is 0 Å². The van der Waals surface area contributed by atoms with Crippen molar-refractivity contribution in [3.05, 3.63) is 42.5 Å². The molecule has 0 amide bonds. The van der Waals surface area contributed by atoms with Gasteiger partial charge in [0, 0.05) is 12.0 Å². The van der Waals surface area contributed by atoms with Crippen LogP contribution < -0.4 is 16.0 Å². The number of hydrogen-bond donors (Lipinski definition) is 2. The molecule has 3 nitrogen and oxygen atoms in total. The standard InChI is InChI=1S/C15H22N2O/c1-2-3-4-8-14(17-16)13-10-12-7-5-6-9-15(12)18-11-13/h2,5-7,9,13-14,17H,1,3-4,8,10-11,16H2. The monoisotopic (exact) mass is 246 g/mol. The lowest BCUT2D eigenvalue weighted by Crippen LogP contribution is -2.45. The van der Waals surface area contributed by atoms with E-state index in [4.69, 9.17) is 10.6 Å². The summed E-state index contributed by atoms with van der Waals surface area (Å²) >= 11 is 0. The first-order valence-electron chi connectivity index (χ1n) is 6.63. The van der Waals surface area contributed by atoms with Gasteiger partial charge in [-0.2, -0.15) is 0 Å². The van der Waals surface area contributed by atoms with Crippen molar-refractivity contribution >= 4 is 0 Å². The largest absolute Gasteiger partial charge is 0.493 e. The van der Waals surface area contributed by atoms with E-state index in [-0.39, 0.29) is 0 Å². The van der Waals surface area contributed by atoms with E-state index in [0.717, 1.165) is 38.0 Å². The number of para-hydroxylation sites is 1. The molecule has 0 saturated heterocycles. The molecule has 2 unspecified atom stereocenters. The molecule has 0 spiro atoms. The van der Waals surface area contributed by atoms with Crippen molar-refractivity contribution in [3.8, 4) is 5.75 Å². The summed E-state index contributed by atoms with van der Waals surface area (Å²) in [5, 5.41) is 0. The Hall–Kier alpha value is -1.32. The van der Waals surface area contributed by atoms with Crippen molar-refractivity contribution < 1.29 is 4.74 Å². The molecule has 1 aromatic rings. The molecule has 0 aromatic heterocycles. The van der Waals surface area contributed by atoms with Gasteiger partial charge in [-0.05, 0) is 37.3 Å². The lowest BCUT2D eigenvalue weighted by molar-refractivity contribution is 0.178. The molecular formula is C15H22N2O. The molecular weight excluding hydrogens is 224 g/mol. The van der Waals surface area contributed by atoms with Gasteiger partial charge in [0.25, 0.3) is 0 Å². The number of hydrogen-bond acceptors (Lipinski definition) is 3. The SMILES string of the molecule is C=CCCCC(NN)C1COc2ccccc2C1. The second-order valence-electron chi connectivity index (χ2n) is 4.88. The molecule has 0 bridgehead atoms. The topological polar surface area (TPSA) is 47.3 Å². The maximum atomic E-state index is 5.81. The van der Waals surface area contributed by atoms with Crippen LogP contribution in [0.25, 0.3) is 0 Å². The maximum Gasteiger partial charge on any atom is 0.122 e. The number of allylic oxidation sites excluding steroid dienone is 1. The van der Waals surface area contributed by atoms with Crippen molar-refractivity contribution in [1.82, 2.24) is 5.43 Å². The normalized spacial score (nSPS) is 19.7. The summed E-state index contributed by atoms with van der Waals surface area (Å²) in [6.07, 6.45) is 6.23. The second-order valence-corrected chi connectivity index (χ2v) is 4.88. The van der Waals surface area contributed by atoms with Gasteiger partial charge in [0.05, 0.1) is 6.61 Å². The van der Waals surface area contributed by atoms with Crippen LogP contribution >= 0.6 is 0 Å². The zero-order chi connectivity index (χ0) is 12.8. The van der Waals surface area contributed by atoms with Crippen LogP contribution in [0.3, 0.4) is 0 Å². The summed E-state index contributed by atoms with van der Waals surface area (Å²) in [6.45, 7) is 4.50. The van der Waals surface area contributed by atoms with Crippen LogP contribution in [0.2, 0.25) is 0 Å². The lowest BCUT2D eigenvalue weighted by Gasteiger charge is -2.31. The van der Waals surface area contributed by atoms with E-state index < -0.39 is 0 Å². The molecule has 18 heavy (non-hydrogen) atoms. The fourth-order valence-corrected chi connectivity index (χ4v) is 2.55. The smallest absolute Gasteiger partial charge is 0.122 e. The predicted molar refractivity (Wildman–Crippen MR) is 74.3 cm³/mol. The van der Waals surface area contributed by atoms with Gasteiger partial charge in [-0.25, -0.2) is 0 Å². The van der Waals surface area contributed by atoms with Gasteiger partial charge in [-0.3, -0.25) is 11.3 Å². The van der Waals surface area contributed by atoms with E-state index >= 15 is 0 Å². The van der Waals surface area contributed by atoms with Crippen molar-refractivity contribution in [2.75, 3.05) is 6.61 Å². The summed E-state index contributed by atoms with van der Waals surface area (Å²) < 4.78 is 5.81. The fourth-order valence-electron chi connectivity index (χ4n) is 2.55. The summed E-state index contributed by atoms with van der Waals surface area (Å²) in [4.78, 5) is 0. The quantitative estimate of drug-likeness (QED) is 0.351. The third-order valence-electron chi connectivity index (χ3n) is 3.61. The van der Waals surface area contributed by atoms with E-state index in [2.05, 4.69) is 24.1 Å². The number of ether oxygens (including phenoxy) is 1.